The van der Waals surface area contributed by atoms with E-state index in [9.17, 15) is 13.2 Å². The van der Waals surface area contributed by atoms with Gasteiger partial charge in [-0.25, -0.2) is 10.9 Å². The Labute approximate surface area is 137 Å². The van der Waals surface area contributed by atoms with Crippen LogP contribution in [0.2, 0.25) is 5.02 Å². The van der Waals surface area contributed by atoms with Gasteiger partial charge in [-0.2, -0.15) is 13.2 Å². The van der Waals surface area contributed by atoms with Crippen LogP contribution in [0.5, 0.6) is 0 Å². The van der Waals surface area contributed by atoms with Crippen molar-refractivity contribution < 1.29 is 13.2 Å². The number of alkyl halides is 3. The summed E-state index contributed by atoms with van der Waals surface area (Å²) < 4.78 is 38.9. The largest absolute Gasteiger partial charge is 0.405 e. The van der Waals surface area contributed by atoms with Crippen LogP contribution in [-0.2, 0) is 0 Å². The molecule has 3 atom stereocenters. The maximum Gasteiger partial charge on any atom is 0.405 e. The Morgan fingerprint density at radius 3 is 2.45 bits per heavy atom. The molecule has 3 rings (SSSR count). The molecule has 1 aromatic carbocycles. The van der Waals surface area contributed by atoms with Crippen molar-refractivity contribution in [3.05, 3.63) is 40.4 Å². The molecule has 0 spiro atoms. The molecule has 0 aromatic heterocycles. The summed E-state index contributed by atoms with van der Waals surface area (Å²) in [6, 6.07) is 5.39. The van der Waals surface area contributed by atoms with Crippen LogP contribution in [0.4, 0.5) is 13.2 Å². The van der Waals surface area contributed by atoms with E-state index in [1.54, 1.807) is 12.1 Å². The Balaban J connectivity index is 0.00000176. The van der Waals surface area contributed by atoms with Gasteiger partial charge in [0.2, 0.25) is 0 Å². The minimum absolute atomic E-state index is 0. The van der Waals surface area contributed by atoms with Gasteiger partial charge in [0.15, 0.2) is 0 Å². The highest BCUT2D eigenvalue weighted by Crippen LogP contribution is 2.34. The Kier molecular flexibility index (Phi) is 5.40. The van der Waals surface area contributed by atoms with E-state index in [4.69, 9.17) is 11.6 Å². The topological polar surface area (TPSA) is 36.1 Å². The van der Waals surface area contributed by atoms with Gasteiger partial charge in [0.1, 0.15) is 6.04 Å². The van der Waals surface area contributed by atoms with E-state index in [2.05, 4.69) is 16.2 Å². The predicted octanol–water partition coefficient (Wildman–Crippen LogP) is 2.77. The fourth-order valence-corrected chi connectivity index (χ4v) is 3.05. The highest BCUT2D eigenvalue weighted by molar-refractivity contribution is 6.30. The number of nitrogens with one attached hydrogen (secondary N) is 3. The van der Waals surface area contributed by atoms with Gasteiger partial charge in [-0.3, -0.25) is 0 Å². The normalized spacial score (nSPS) is 30.0. The van der Waals surface area contributed by atoms with Crippen molar-refractivity contribution in [1.82, 2.24) is 16.2 Å². The average molecular weight is 354 g/mol. The second-order valence-electron chi connectivity index (χ2n) is 5.35. The summed E-state index contributed by atoms with van der Waals surface area (Å²) in [5.41, 5.74) is 7.01. The third-order valence-electron chi connectivity index (χ3n) is 3.93. The summed E-state index contributed by atoms with van der Waals surface area (Å²) in [6.45, 7) is 0.913. The molecular weight excluding hydrogens is 338 g/mol. The van der Waals surface area contributed by atoms with E-state index in [0.29, 0.717) is 18.1 Å². The van der Waals surface area contributed by atoms with Crippen LogP contribution < -0.4 is 16.2 Å². The van der Waals surface area contributed by atoms with Crippen LogP contribution in [0.15, 0.2) is 29.8 Å². The Morgan fingerprint density at radius 1 is 1.14 bits per heavy atom. The first kappa shape index (κ1) is 17.6. The van der Waals surface area contributed by atoms with Crippen molar-refractivity contribution in [2.45, 2.75) is 18.3 Å². The molecule has 8 heteroatoms. The molecule has 2 aliphatic rings. The van der Waals surface area contributed by atoms with Crippen molar-refractivity contribution in [3.63, 3.8) is 0 Å². The molecule has 1 aromatic rings. The second-order valence-corrected chi connectivity index (χ2v) is 5.79. The third kappa shape index (κ3) is 3.58. The van der Waals surface area contributed by atoms with E-state index in [-0.39, 0.29) is 18.4 Å². The van der Waals surface area contributed by atoms with Gasteiger partial charge in [0, 0.05) is 30.1 Å². The standard InChI is InChI=1S/C14H15ClF3N3.ClH/c15-10-3-1-8(2-4-10)5-9-6-19-7-11-12(9)20-21-13(11)14(16,17)18;/h1-5,11-13,19-21H,6-7H2;1H/b9-5+;. The first-order chi connectivity index (χ1) is 9.95. The van der Waals surface area contributed by atoms with Gasteiger partial charge in [-0.1, -0.05) is 29.8 Å². The van der Waals surface area contributed by atoms with Crippen molar-refractivity contribution >= 4 is 30.1 Å². The lowest BCUT2D eigenvalue weighted by molar-refractivity contribution is -0.161. The Morgan fingerprint density at radius 2 is 1.82 bits per heavy atom. The SMILES string of the molecule is Cl.FC(F)(F)C1NNC2/C(=C/c3ccc(Cl)cc3)CNCC21. The van der Waals surface area contributed by atoms with Gasteiger partial charge >= 0.3 is 6.18 Å². The molecule has 3 unspecified atom stereocenters. The number of hydrogen-bond donors (Lipinski definition) is 3. The van der Waals surface area contributed by atoms with E-state index in [1.807, 2.05) is 18.2 Å². The zero-order chi connectivity index (χ0) is 15.0. The van der Waals surface area contributed by atoms with Gasteiger partial charge in [-0.15, -0.1) is 12.4 Å². The predicted molar refractivity (Wildman–Crippen MR) is 82.9 cm³/mol. The number of fused-ring (bicyclic) bond motifs is 1. The fraction of sp³-hybridized carbons (Fsp3) is 0.429. The summed E-state index contributed by atoms with van der Waals surface area (Å²) in [6.07, 6.45) is -2.34. The van der Waals surface area contributed by atoms with E-state index in [0.717, 1.165) is 11.1 Å². The molecular formula is C14H16Cl2F3N3. The molecule has 0 bridgehead atoms. The van der Waals surface area contributed by atoms with Crippen LogP contribution in [0.3, 0.4) is 0 Å². The molecule has 3 nitrogen and oxygen atoms in total. The van der Waals surface area contributed by atoms with E-state index >= 15 is 0 Å². The Hall–Kier alpha value is -0.790. The van der Waals surface area contributed by atoms with E-state index < -0.39 is 18.1 Å². The molecule has 0 aliphatic carbocycles. The van der Waals surface area contributed by atoms with Crippen LogP contribution in [0, 0.1) is 5.92 Å². The van der Waals surface area contributed by atoms with Crippen molar-refractivity contribution in [2.24, 2.45) is 5.92 Å². The number of hydrazine groups is 1. The first-order valence-corrected chi connectivity index (χ1v) is 7.07. The van der Waals surface area contributed by atoms with E-state index in [1.165, 1.54) is 0 Å². The molecule has 2 aliphatic heterocycles. The molecule has 22 heavy (non-hydrogen) atoms. The second kappa shape index (κ2) is 6.76. The van der Waals surface area contributed by atoms with Crippen molar-refractivity contribution in [2.75, 3.05) is 13.1 Å². The summed E-state index contributed by atoms with van der Waals surface area (Å²) in [4.78, 5) is 0. The van der Waals surface area contributed by atoms with Crippen LogP contribution in [0.1, 0.15) is 5.56 Å². The quantitative estimate of drug-likeness (QED) is 0.726. The smallest absolute Gasteiger partial charge is 0.313 e. The zero-order valence-corrected chi connectivity index (χ0v) is 13.0. The van der Waals surface area contributed by atoms with Crippen LogP contribution in [0.25, 0.3) is 6.08 Å². The monoisotopic (exact) mass is 353 g/mol. The third-order valence-corrected chi connectivity index (χ3v) is 4.19. The highest BCUT2D eigenvalue weighted by atomic mass is 35.5. The van der Waals surface area contributed by atoms with Gasteiger partial charge < -0.3 is 5.32 Å². The minimum Gasteiger partial charge on any atom is -0.313 e. The number of hydrogen-bond acceptors (Lipinski definition) is 3. The van der Waals surface area contributed by atoms with Crippen molar-refractivity contribution in [1.29, 1.82) is 0 Å². The molecule has 0 radical (unpaired) electrons. The fourth-order valence-electron chi connectivity index (χ4n) is 2.92. The lowest BCUT2D eigenvalue weighted by Crippen LogP contribution is -2.49. The molecule has 3 N–H and O–H groups in total. The number of rotatable bonds is 1. The van der Waals surface area contributed by atoms with Gasteiger partial charge in [-0.05, 0) is 23.3 Å². The first-order valence-electron chi connectivity index (χ1n) is 6.69. The molecule has 0 saturated carbocycles. The highest BCUT2D eigenvalue weighted by Gasteiger charge is 2.52. The summed E-state index contributed by atoms with van der Waals surface area (Å²) in [5, 5.41) is 3.70. The molecule has 122 valence electrons. The van der Waals surface area contributed by atoms with Crippen LogP contribution >= 0.6 is 24.0 Å². The molecule has 2 fully saturated rings. The number of piperidine rings is 1. The Bertz CT molecular complexity index is 545. The molecule has 2 heterocycles. The average Bonchev–Trinajstić information content (AvgIpc) is 2.86. The zero-order valence-electron chi connectivity index (χ0n) is 11.5. The maximum absolute atomic E-state index is 13.0. The van der Waals surface area contributed by atoms with Crippen LogP contribution in [-0.4, -0.2) is 31.3 Å². The maximum atomic E-state index is 13.0. The summed E-state index contributed by atoms with van der Waals surface area (Å²) in [7, 11) is 0. The number of benzene rings is 1. The lowest BCUT2D eigenvalue weighted by atomic mass is 9.85. The lowest BCUT2D eigenvalue weighted by Gasteiger charge is -2.31. The van der Waals surface area contributed by atoms with Gasteiger partial charge in [0.25, 0.3) is 0 Å². The van der Waals surface area contributed by atoms with Gasteiger partial charge in [0.05, 0.1) is 0 Å². The summed E-state index contributed by atoms with van der Waals surface area (Å²) in [5.74, 6) is -0.544. The minimum atomic E-state index is -4.25. The van der Waals surface area contributed by atoms with Crippen molar-refractivity contribution in [3.8, 4) is 0 Å². The molecule has 2 saturated heterocycles. The summed E-state index contributed by atoms with van der Waals surface area (Å²) >= 11 is 5.83. The molecule has 0 amide bonds. The number of halogens is 5.